The van der Waals surface area contributed by atoms with Gasteiger partial charge in [-0.1, -0.05) is 10.6 Å². The van der Waals surface area contributed by atoms with Gasteiger partial charge in [0.2, 0.25) is 11.2 Å². The van der Waals surface area contributed by atoms with Crippen LogP contribution in [0.25, 0.3) is 0 Å². The number of hydrogen-bond acceptors (Lipinski definition) is 2. The Morgan fingerprint density at radius 2 is 2.56 bits per heavy atom. The molecule has 0 spiro atoms. The Bertz CT molecular complexity index is 197. The van der Waals surface area contributed by atoms with Crippen molar-refractivity contribution in [2.24, 2.45) is 0 Å². The molecular formula is C5H5ClOPS+. The van der Waals surface area contributed by atoms with Gasteiger partial charge in [0, 0.05) is 0 Å². The SMILES string of the molecule is O=[P+](Cl)Cc1cccs1. The lowest BCUT2D eigenvalue weighted by molar-refractivity contribution is 0.595. The minimum atomic E-state index is -1.52. The molecule has 1 unspecified atom stereocenters. The van der Waals surface area contributed by atoms with E-state index in [1.54, 1.807) is 11.3 Å². The zero-order valence-corrected chi connectivity index (χ0v) is 7.05. The molecule has 9 heavy (non-hydrogen) atoms. The van der Waals surface area contributed by atoms with Gasteiger partial charge in [-0.3, -0.25) is 0 Å². The lowest BCUT2D eigenvalue weighted by Gasteiger charge is -1.74. The van der Waals surface area contributed by atoms with Gasteiger partial charge in [0.15, 0.2) is 6.16 Å². The van der Waals surface area contributed by atoms with E-state index in [0.29, 0.717) is 6.16 Å². The quantitative estimate of drug-likeness (QED) is 0.637. The summed E-state index contributed by atoms with van der Waals surface area (Å²) in [5.74, 6) is 0. The van der Waals surface area contributed by atoms with Crippen LogP contribution in [-0.2, 0) is 10.7 Å². The van der Waals surface area contributed by atoms with Gasteiger partial charge in [-0.15, -0.1) is 11.3 Å². The third-order valence-corrected chi connectivity index (χ3v) is 2.90. The summed E-state index contributed by atoms with van der Waals surface area (Å²) in [6, 6.07) is 3.86. The first-order chi connectivity index (χ1) is 4.29. The standard InChI is InChI=1S/C5H5ClOPS/c6-8(7)4-5-2-1-3-9-5/h1-3H,4H2/q+1. The molecule has 0 fully saturated rings. The maximum absolute atomic E-state index is 10.4. The maximum Gasteiger partial charge on any atom is 0.460 e. The molecule has 1 nitrogen and oxygen atoms in total. The van der Waals surface area contributed by atoms with E-state index < -0.39 is 7.15 Å². The van der Waals surface area contributed by atoms with Crippen molar-refractivity contribution in [1.29, 1.82) is 0 Å². The number of rotatable bonds is 2. The van der Waals surface area contributed by atoms with Crippen LogP contribution in [0, 0.1) is 0 Å². The molecule has 0 N–H and O–H groups in total. The fourth-order valence-electron chi connectivity index (χ4n) is 0.525. The van der Waals surface area contributed by atoms with Gasteiger partial charge >= 0.3 is 7.15 Å². The van der Waals surface area contributed by atoms with Crippen molar-refractivity contribution in [3.8, 4) is 0 Å². The maximum atomic E-state index is 10.4. The normalized spacial score (nSPS) is 11.4. The predicted octanol–water partition coefficient (Wildman–Crippen LogP) is 3.23. The predicted molar refractivity (Wildman–Crippen MR) is 41.5 cm³/mol. The highest BCUT2D eigenvalue weighted by Crippen LogP contribution is 2.32. The summed E-state index contributed by atoms with van der Waals surface area (Å²) in [6.07, 6.45) is 0.508. The molecule has 0 radical (unpaired) electrons. The van der Waals surface area contributed by atoms with E-state index in [0.717, 1.165) is 4.88 Å². The van der Waals surface area contributed by atoms with E-state index in [2.05, 4.69) is 0 Å². The van der Waals surface area contributed by atoms with Crippen molar-refractivity contribution in [2.75, 3.05) is 0 Å². The van der Waals surface area contributed by atoms with Crippen LogP contribution in [0.15, 0.2) is 17.5 Å². The Hall–Kier alpha value is 0.0900. The summed E-state index contributed by atoms with van der Waals surface area (Å²) in [7, 11) is -1.52. The molecule has 0 aliphatic heterocycles. The summed E-state index contributed by atoms with van der Waals surface area (Å²) >= 11 is 6.87. The lowest BCUT2D eigenvalue weighted by Crippen LogP contribution is -1.63. The molecular weight excluding hydrogens is 175 g/mol. The molecule has 0 aromatic carbocycles. The highest BCUT2D eigenvalue weighted by Gasteiger charge is 2.11. The molecule has 0 amide bonds. The van der Waals surface area contributed by atoms with Gasteiger partial charge in [0.05, 0.1) is 4.88 Å². The average molecular weight is 180 g/mol. The molecule has 0 saturated heterocycles. The van der Waals surface area contributed by atoms with Gasteiger partial charge in [-0.05, 0) is 11.4 Å². The molecule has 48 valence electrons. The molecule has 0 aliphatic rings. The third kappa shape index (κ3) is 2.44. The molecule has 1 atom stereocenters. The van der Waals surface area contributed by atoms with Gasteiger partial charge in [-0.25, -0.2) is 0 Å². The molecule has 0 aliphatic carbocycles. The first kappa shape index (κ1) is 7.20. The summed E-state index contributed by atoms with van der Waals surface area (Å²) < 4.78 is 10.4. The minimum absolute atomic E-state index is 0.508. The van der Waals surface area contributed by atoms with Crippen molar-refractivity contribution in [3.63, 3.8) is 0 Å². The summed E-state index contributed by atoms with van der Waals surface area (Å²) in [5.41, 5.74) is 0. The minimum Gasteiger partial charge on any atom is -0.144 e. The summed E-state index contributed by atoms with van der Waals surface area (Å²) in [5, 5.41) is 1.95. The average Bonchev–Trinajstić information content (AvgIpc) is 2.15. The smallest absolute Gasteiger partial charge is 0.144 e. The van der Waals surface area contributed by atoms with E-state index in [1.807, 2.05) is 17.5 Å². The Kier molecular flexibility index (Phi) is 2.65. The van der Waals surface area contributed by atoms with Gasteiger partial charge in [0.1, 0.15) is 0 Å². The van der Waals surface area contributed by atoms with Crippen LogP contribution < -0.4 is 0 Å². The van der Waals surface area contributed by atoms with Crippen LogP contribution >= 0.6 is 29.7 Å². The van der Waals surface area contributed by atoms with Crippen LogP contribution in [0.5, 0.6) is 0 Å². The topological polar surface area (TPSA) is 17.1 Å². The number of halogens is 1. The van der Waals surface area contributed by atoms with E-state index in [9.17, 15) is 4.57 Å². The number of thiophene rings is 1. The van der Waals surface area contributed by atoms with Crippen molar-refractivity contribution in [1.82, 2.24) is 0 Å². The lowest BCUT2D eigenvalue weighted by atomic mass is 10.5. The van der Waals surface area contributed by atoms with Gasteiger partial charge in [-0.2, -0.15) is 0 Å². The molecule has 1 heterocycles. The Balaban J connectivity index is 2.58. The number of hydrogen-bond donors (Lipinski definition) is 0. The van der Waals surface area contributed by atoms with Gasteiger partial charge in [0.25, 0.3) is 0 Å². The van der Waals surface area contributed by atoms with Crippen molar-refractivity contribution >= 4 is 29.7 Å². The summed E-state index contributed by atoms with van der Waals surface area (Å²) in [6.45, 7) is 0. The van der Waals surface area contributed by atoms with E-state index >= 15 is 0 Å². The second kappa shape index (κ2) is 3.31. The third-order valence-electron chi connectivity index (χ3n) is 0.860. The molecule has 4 heteroatoms. The second-order valence-corrected chi connectivity index (χ2v) is 4.67. The van der Waals surface area contributed by atoms with E-state index in [4.69, 9.17) is 11.2 Å². The van der Waals surface area contributed by atoms with Crippen molar-refractivity contribution in [3.05, 3.63) is 22.4 Å². The molecule has 1 aromatic heterocycles. The van der Waals surface area contributed by atoms with Crippen LogP contribution in [-0.4, -0.2) is 0 Å². The first-order valence-corrected chi connectivity index (χ1v) is 5.65. The van der Waals surface area contributed by atoms with E-state index in [1.165, 1.54) is 0 Å². The van der Waals surface area contributed by atoms with Gasteiger partial charge < -0.3 is 0 Å². The molecule has 0 saturated carbocycles. The van der Waals surface area contributed by atoms with Crippen LogP contribution in [0.1, 0.15) is 4.88 Å². The van der Waals surface area contributed by atoms with Crippen molar-refractivity contribution in [2.45, 2.75) is 6.16 Å². The Morgan fingerprint density at radius 3 is 3.00 bits per heavy atom. The van der Waals surface area contributed by atoms with E-state index in [-0.39, 0.29) is 0 Å². The Labute approximate surface area is 63.2 Å². The highest BCUT2D eigenvalue weighted by atomic mass is 35.7. The first-order valence-electron chi connectivity index (χ1n) is 2.42. The Morgan fingerprint density at radius 1 is 1.78 bits per heavy atom. The molecule has 1 aromatic rings. The fourth-order valence-corrected chi connectivity index (χ4v) is 2.61. The van der Waals surface area contributed by atoms with Crippen LogP contribution in [0.2, 0.25) is 0 Å². The molecule has 0 bridgehead atoms. The monoisotopic (exact) mass is 179 g/mol. The molecule has 1 rings (SSSR count). The fraction of sp³-hybridized carbons (Fsp3) is 0.200. The zero-order chi connectivity index (χ0) is 6.69. The highest BCUT2D eigenvalue weighted by molar-refractivity contribution is 7.73. The van der Waals surface area contributed by atoms with Crippen LogP contribution in [0.4, 0.5) is 0 Å². The zero-order valence-electron chi connectivity index (χ0n) is 4.58. The second-order valence-electron chi connectivity index (χ2n) is 1.56. The van der Waals surface area contributed by atoms with Crippen molar-refractivity contribution < 1.29 is 4.57 Å². The largest absolute Gasteiger partial charge is 0.460 e. The van der Waals surface area contributed by atoms with Crippen LogP contribution in [0.3, 0.4) is 0 Å². The summed E-state index contributed by atoms with van der Waals surface area (Å²) in [4.78, 5) is 1.09.